The van der Waals surface area contributed by atoms with E-state index in [-0.39, 0.29) is 6.16 Å². The zero-order chi connectivity index (χ0) is 8.04. The summed E-state index contributed by atoms with van der Waals surface area (Å²) in [6, 6.07) is 0. The van der Waals surface area contributed by atoms with Gasteiger partial charge in [-0.15, -0.1) is 0 Å². The summed E-state index contributed by atoms with van der Waals surface area (Å²) in [4.78, 5) is 8.96. The molecule has 0 heterocycles. The average molecular weight is 231 g/mol. The minimum absolute atomic E-state index is 0.242. The molecule has 0 aliphatic heterocycles. The second-order valence-corrected chi connectivity index (χ2v) is 4.59. The molecule has 0 radical (unpaired) electrons. The smallest absolute Gasteiger partial charge is 0.324 e. The van der Waals surface area contributed by atoms with E-state index < -0.39 is 7.60 Å². The Labute approximate surface area is 69.4 Å². The van der Waals surface area contributed by atoms with Crippen molar-refractivity contribution in [3.05, 3.63) is 0 Å². The van der Waals surface area contributed by atoms with E-state index >= 15 is 0 Å². The molecule has 1 atom stereocenters. The maximum atomic E-state index is 10.9. The Morgan fingerprint density at radius 3 is 2.70 bits per heavy atom. The Bertz CT molecular complexity index is 128. The molecule has 0 aromatic heterocycles. The molecule has 0 aromatic rings. The van der Waals surface area contributed by atoms with Gasteiger partial charge in [-0.05, 0) is 13.3 Å². The van der Waals surface area contributed by atoms with Gasteiger partial charge in [-0.2, -0.15) is 0 Å². The van der Waals surface area contributed by atoms with E-state index in [0.29, 0.717) is 13.0 Å². The summed E-state index contributed by atoms with van der Waals surface area (Å²) in [6.07, 6.45) is 0.917. The van der Waals surface area contributed by atoms with Gasteiger partial charge >= 0.3 is 7.60 Å². The zero-order valence-corrected chi connectivity index (χ0v) is 8.40. The molecule has 5 heteroatoms. The second-order valence-electron chi connectivity index (χ2n) is 1.82. The Hall–Kier alpha value is 0.630. The largest absolute Gasteiger partial charge is 0.328 e. The van der Waals surface area contributed by atoms with Gasteiger partial charge in [0.1, 0.15) is 0 Å². The first-order chi connectivity index (χ1) is 4.62. The van der Waals surface area contributed by atoms with Crippen LogP contribution in [-0.4, -0.2) is 23.0 Å². The summed E-state index contributed by atoms with van der Waals surface area (Å²) in [5.74, 6) is 0. The predicted octanol–water partition coefficient (Wildman–Crippen LogP) is 1.99. The Morgan fingerprint density at radius 2 is 2.30 bits per heavy atom. The van der Waals surface area contributed by atoms with E-state index in [1.54, 1.807) is 6.92 Å². The molecule has 1 N–H and O–H groups in total. The molecule has 3 nitrogen and oxygen atoms in total. The summed E-state index contributed by atoms with van der Waals surface area (Å²) in [6.45, 7) is 2.01. The monoisotopic (exact) mass is 230 g/mol. The van der Waals surface area contributed by atoms with E-state index in [0.717, 1.165) is 5.33 Å². The molecule has 0 aliphatic rings. The van der Waals surface area contributed by atoms with Crippen LogP contribution in [0, 0.1) is 0 Å². The van der Waals surface area contributed by atoms with Gasteiger partial charge in [0, 0.05) is 5.33 Å². The molecule has 10 heavy (non-hydrogen) atoms. The Morgan fingerprint density at radius 1 is 1.70 bits per heavy atom. The normalized spacial score (nSPS) is 16.7. The molecule has 0 aliphatic carbocycles. The minimum Gasteiger partial charge on any atom is -0.324 e. The van der Waals surface area contributed by atoms with Crippen molar-refractivity contribution < 1.29 is 14.0 Å². The average Bonchev–Trinajstić information content (AvgIpc) is 1.84. The number of rotatable bonds is 5. The molecule has 0 aromatic carbocycles. The van der Waals surface area contributed by atoms with Crippen molar-refractivity contribution in [3.63, 3.8) is 0 Å². The van der Waals surface area contributed by atoms with Crippen LogP contribution in [0.15, 0.2) is 0 Å². The maximum Gasteiger partial charge on any atom is 0.328 e. The van der Waals surface area contributed by atoms with E-state index in [4.69, 9.17) is 4.89 Å². The van der Waals surface area contributed by atoms with Crippen molar-refractivity contribution in [2.45, 2.75) is 13.3 Å². The topological polar surface area (TPSA) is 46.5 Å². The van der Waals surface area contributed by atoms with Crippen molar-refractivity contribution in [3.8, 4) is 0 Å². The highest BCUT2D eigenvalue weighted by atomic mass is 79.9. The van der Waals surface area contributed by atoms with E-state index in [1.807, 2.05) is 0 Å². The first-order valence-electron chi connectivity index (χ1n) is 3.14. The lowest BCUT2D eigenvalue weighted by Gasteiger charge is -2.08. The Kier molecular flexibility index (Phi) is 5.64. The first-order valence-corrected chi connectivity index (χ1v) is 6.03. The Balaban J connectivity index is 3.53. The maximum absolute atomic E-state index is 10.9. The zero-order valence-electron chi connectivity index (χ0n) is 5.92. The standard InChI is InChI=1S/C5H12BrO3P/c1-2-9-10(7,8)5-3-4-6/h2-5H2,1H3,(H,7,8). The van der Waals surface area contributed by atoms with Gasteiger partial charge in [-0.1, -0.05) is 15.9 Å². The molecular formula is C5H12BrO3P. The van der Waals surface area contributed by atoms with E-state index in [9.17, 15) is 4.57 Å². The summed E-state index contributed by atoms with van der Waals surface area (Å²) in [5.41, 5.74) is 0. The fourth-order valence-corrected chi connectivity index (χ4v) is 2.33. The third-order valence-electron chi connectivity index (χ3n) is 0.905. The van der Waals surface area contributed by atoms with Crippen LogP contribution in [0.2, 0.25) is 0 Å². The van der Waals surface area contributed by atoms with Crippen LogP contribution in [0.5, 0.6) is 0 Å². The predicted molar refractivity (Wildman–Crippen MR) is 44.7 cm³/mol. The molecule has 0 rings (SSSR count). The fraction of sp³-hybridized carbons (Fsp3) is 1.00. The number of hydrogen-bond donors (Lipinski definition) is 1. The van der Waals surface area contributed by atoms with Gasteiger partial charge in [-0.3, -0.25) is 4.57 Å². The summed E-state index contributed by atoms with van der Waals surface area (Å²) < 4.78 is 15.5. The van der Waals surface area contributed by atoms with Crippen molar-refractivity contribution >= 4 is 23.5 Å². The molecule has 0 fully saturated rings. The van der Waals surface area contributed by atoms with Gasteiger partial charge in [0.15, 0.2) is 0 Å². The van der Waals surface area contributed by atoms with Crippen molar-refractivity contribution in [1.29, 1.82) is 0 Å². The first kappa shape index (κ1) is 10.6. The molecule has 62 valence electrons. The van der Waals surface area contributed by atoms with E-state index in [2.05, 4.69) is 20.5 Å². The van der Waals surface area contributed by atoms with Gasteiger partial charge in [0.25, 0.3) is 0 Å². The quantitative estimate of drug-likeness (QED) is 0.581. The molecule has 0 amide bonds. The van der Waals surface area contributed by atoms with Crippen LogP contribution >= 0.6 is 23.5 Å². The second kappa shape index (κ2) is 5.30. The number of hydrogen-bond acceptors (Lipinski definition) is 2. The fourth-order valence-electron chi connectivity index (χ4n) is 0.526. The number of alkyl halides is 1. The summed E-state index contributed by atoms with van der Waals surface area (Å²) in [5, 5.41) is 0.741. The minimum atomic E-state index is -3.24. The highest BCUT2D eigenvalue weighted by Gasteiger charge is 2.16. The van der Waals surface area contributed by atoms with Gasteiger partial charge in [0.2, 0.25) is 0 Å². The third kappa shape index (κ3) is 5.42. The molecule has 0 bridgehead atoms. The highest BCUT2D eigenvalue weighted by Crippen LogP contribution is 2.42. The van der Waals surface area contributed by atoms with Gasteiger partial charge < -0.3 is 9.42 Å². The van der Waals surface area contributed by atoms with Crippen molar-refractivity contribution in [2.75, 3.05) is 18.1 Å². The van der Waals surface area contributed by atoms with Crippen LogP contribution in [0.1, 0.15) is 13.3 Å². The number of halogens is 1. The van der Waals surface area contributed by atoms with Crippen molar-refractivity contribution in [2.24, 2.45) is 0 Å². The van der Waals surface area contributed by atoms with E-state index in [1.165, 1.54) is 0 Å². The highest BCUT2D eigenvalue weighted by molar-refractivity contribution is 9.09. The van der Waals surface area contributed by atoms with Gasteiger partial charge in [0.05, 0.1) is 12.8 Å². The lowest BCUT2D eigenvalue weighted by Crippen LogP contribution is -1.94. The van der Waals surface area contributed by atoms with Crippen LogP contribution in [0.4, 0.5) is 0 Å². The molecule has 0 saturated heterocycles. The molecule has 1 unspecified atom stereocenters. The van der Waals surface area contributed by atoms with Crippen molar-refractivity contribution in [1.82, 2.24) is 0 Å². The molecular weight excluding hydrogens is 219 g/mol. The molecule has 0 saturated carbocycles. The van der Waals surface area contributed by atoms with Crippen LogP contribution in [0.25, 0.3) is 0 Å². The van der Waals surface area contributed by atoms with Crippen LogP contribution in [0.3, 0.4) is 0 Å². The summed E-state index contributed by atoms with van der Waals surface area (Å²) in [7, 11) is -3.24. The van der Waals surface area contributed by atoms with Crippen LogP contribution in [-0.2, 0) is 9.09 Å². The van der Waals surface area contributed by atoms with Gasteiger partial charge in [-0.25, -0.2) is 0 Å². The SMILES string of the molecule is CCOP(=O)(O)CCCBr. The lowest BCUT2D eigenvalue weighted by atomic mass is 10.6. The summed E-state index contributed by atoms with van der Waals surface area (Å²) >= 11 is 3.17. The lowest BCUT2D eigenvalue weighted by molar-refractivity contribution is 0.273. The molecule has 0 spiro atoms. The van der Waals surface area contributed by atoms with Crippen LogP contribution < -0.4 is 0 Å². The third-order valence-corrected chi connectivity index (χ3v) is 3.01.